The standard InChI is InChI=1S/C15H22ClNO/c1-3-4-5-8-15(2)10-13(17)12-9-11(16)6-7-14(12)18-15/h6-7,9,13H,3-5,8,10,17H2,1-2H3/t13-,15?/m1/s1. The van der Waals surface area contributed by atoms with Gasteiger partial charge in [0.1, 0.15) is 11.4 Å². The molecule has 0 radical (unpaired) electrons. The minimum atomic E-state index is -0.130. The van der Waals surface area contributed by atoms with Crippen LogP contribution in [0.5, 0.6) is 5.75 Å². The molecule has 1 aliphatic heterocycles. The van der Waals surface area contributed by atoms with E-state index in [1.165, 1.54) is 19.3 Å². The highest BCUT2D eigenvalue weighted by Crippen LogP contribution is 2.41. The molecule has 3 heteroatoms. The molecule has 1 aromatic rings. The molecule has 1 aromatic carbocycles. The fraction of sp³-hybridized carbons (Fsp3) is 0.600. The molecular weight excluding hydrogens is 246 g/mol. The van der Waals surface area contributed by atoms with Crippen LogP contribution in [0.1, 0.15) is 57.6 Å². The largest absolute Gasteiger partial charge is 0.487 e. The molecule has 2 rings (SSSR count). The molecule has 0 spiro atoms. The van der Waals surface area contributed by atoms with Crippen molar-refractivity contribution >= 4 is 11.6 Å². The molecule has 0 aliphatic carbocycles. The summed E-state index contributed by atoms with van der Waals surface area (Å²) in [4.78, 5) is 0. The lowest BCUT2D eigenvalue weighted by atomic mass is 9.85. The first-order chi connectivity index (χ1) is 8.54. The van der Waals surface area contributed by atoms with Crippen LogP contribution in [0.25, 0.3) is 0 Å². The molecule has 18 heavy (non-hydrogen) atoms. The van der Waals surface area contributed by atoms with Gasteiger partial charge in [-0.1, -0.05) is 31.4 Å². The average Bonchev–Trinajstić information content (AvgIpc) is 2.31. The summed E-state index contributed by atoms with van der Waals surface area (Å²) in [6.07, 6.45) is 5.61. The summed E-state index contributed by atoms with van der Waals surface area (Å²) < 4.78 is 6.15. The number of benzene rings is 1. The van der Waals surface area contributed by atoms with Crippen LogP contribution >= 0.6 is 11.6 Å². The van der Waals surface area contributed by atoms with Gasteiger partial charge in [0.2, 0.25) is 0 Å². The summed E-state index contributed by atoms with van der Waals surface area (Å²) in [7, 11) is 0. The number of hydrogen-bond donors (Lipinski definition) is 1. The Balaban J connectivity index is 2.14. The van der Waals surface area contributed by atoms with Crippen LogP contribution in [-0.2, 0) is 0 Å². The number of hydrogen-bond acceptors (Lipinski definition) is 2. The monoisotopic (exact) mass is 267 g/mol. The molecule has 0 saturated heterocycles. The summed E-state index contributed by atoms with van der Waals surface area (Å²) >= 11 is 6.00. The summed E-state index contributed by atoms with van der Waals surface area (Å²) in [6.45, 7) is 4.38. The first-order valence-corrected chi connectivity index (χ1v) is 7.16. The van der Waals surface area contributed by atoms with Gasteiger partial charge in [-0.3, -0.25) is 0 Å². The number of unbranched alkanes of at least 4 members (excludes halogenated alkanes) is 2. The number of ether oxygens (including phenoxy) is 1. The molecule has 0 aromatic heterocycles. The maximum Gasteiger partial charge on any atom is 0.125 e. The van der Waals surface area contributed by atoms with E-state index >= 15 is 0 Å². The summed E-state index contributed by atoms with van der Waals surface area (Å²) in [5, 5.41) is 0.724. The van der Waals surface area contributed by atoms with Crippen molar-refractivity contribution in [3.63, 3.8) is 0 Å². The lowest BCUT2D eigenvalue weighted by molar-refractivity contribution is 0.0431. The first kappa shape index (κ1) is 13.7. The lowest BCUT2D eigenvalue weighted by Gasteiger charge is -2.39. The van der Waals surface area contributed by atoms with E-state index in [4.69, 9.17) is 22.1 Å². The molecule has 0 bridgehead atoms. The normalized spacial score (nSPS) is 26.6. The van der Waals surface area contributed by atoms with Crippen LogP contribution in [0.15, 0.2) is 18.2 Å². The Labute approximate surface area is 114 Å². The lowest BCUT2D eigenvalue weighted by Crippen LogP contribution is -2.40. The van der Waals surface area contributed by atoms with Gasteiger partial charge >= 0.3 is 0 Å². The van der Waals surface area contributed by atoms with E-state index in [1.807, 2.05) is 18.2 Å². The molecule has 2 N–H and O–H groups in total. The molecule has 0 saturated carbocycles. The minimum absolute atomic E-state index is 0.0269. The maximum atomic E-state index is 6.26. The van der Waals surface area contributed by atoms with E-state index in [9.17, 15) is 0 Å². The van der Waals surface area contributed by atoms with E-state index < -0.39 is 0 Å². The molecule has 100 valence electrons. The van der Waals surface area contributed by atoms with Gasteiger partial charge in [-0.15, -0.1) is 0 Å². The average molecular weight is 268 g/mol. The Hall–Kier alpha value is -0.730. The molecule has 1 unspecified atom stereocenters. The third-order valence-electron chi connectivity index (χ3n) is 3.69. The molecule has 2 atom stereocenters. The van der Waals surface area contributed by atoms with Crippen molar-refractivity contribution in [3.8, 4) is 5.75 Å². The Morgan fingerprint density at radius 3 is 2.94 bits per heavy atom. The van der Waals surface area contributed by atoms with Gasteiger partial charge in [-0.25, -0.2) is 0 Å². The SMILES string of the molecule is CCCCCC1(C)C[C@@H](N)c2cc(Cl)ccc2O1. The summed E-state index contributed by atoms with van der Waals surface area (Å²) in [5.74, 6) is 0.900. The van der Waals surface area contributed by atoms with Gasteiger partial charge in [-0.2, -0.15) is 0 Å². The van der Waals surface area contributed by atoms with Crippen molar-refractivity contribution in [1.29, 1.82) is 0 Å². The quantitative estimate of drug-likeness (QED) is 0.818. The third-order valence-corrected chi connectivity index (χ3v) is 3.92. The zero-order valence-corrected chi connectivity index (χ0v) is 12.0. The fourth-order valence-electron chi connectivity index (χ4n) is 2.69. The zero-order valence-electron chi connectivity index (χ0n) is 11.2. The van der Waals surface area contributed by atoms with Gasteiger partial charge in [0.15, 0.2) is 0 Å². The molecule has 0 amide bonds. The van der Waals surface area contributed by atoms with Crippen molar-refractivity contribution in [3.05, 3.63) is 28.8 Å². The van der Waals surface area contributed by atoms with Crippen molar-refractivity contribution in [2.24, 2.45) is 5.73 Å². The number of rotatable bonds is 4. The van der Waals surface area contributed by atoms with E-state index in [1.54, 1.807) is 0 Å². The van der Waals surface area contributed by atoms with Crippen LogP contribution in [0.3, 0.4) is 0 Å². The Bertz CT molecular complexity index is 421. The van der Waals surface area contributed by atoms with Gasteiger partial charge in [0.05, 0.1) is 0 Å². The van der Waals surface area contributed by atoms with Crippen LogP contribution in [0.2, 0.25) is 5.02 Å². The summed E-state index contributed by atoms with van der Waals surface area (Å²) in [6, 6.07) is 5.76. The second-order valence-electron chi connectivity index (χ2n) is 5.50. The van der Waals surface area contributed by atoms with Gasteiger partial charge in [0.25, 0.3) is 0 Å². The maximum absolute atomic E-state index is 6.26. The van der Waals surface area contributed by atoms with Crippen molar-refractivity contribution < 1.29 is 4.74 Å². The van der Waals surface area contributed by atoms with E-state index in [0.29, 0.717) is 0 Å². The molecule has 2 nitrogen and oxygen atoms in total. The fourth-order valence-corrected chi connectivity index (χ4v) is 2.87. The van der Waals surface area contributed by atoms with E-state index in [0.717, 1.165) is 29.2 Å². The highest BCUT2D eigenvalue weighted by atomic mass is 35.5. The predicted molar refractivity (Wildman–Crippen MR) is 76.2 cm³/mol. The molecule has 0 fully saturated rings. The van der Waals surface area contributed by atoms with Crippen molar-refractivity contribution in [2.75, 3.05) is 0 Å². The van der Waals surface area contributed by atoms with Crippen LogP contribution in [0, 0.1) is 0 Å². The smallest absolute Gasteiger partial charge is 0.125 e. The highest BCUT2D eigenvalue weighted by molar-refractivity contribution is 6.30. The van der Waals surface area contributed by atoms with E-state index in [2.05, 4.69) is 13.8 Å². The van der Waals surface area contributed by atoms with Crippen LogP contribution in [-0.4, -0.2) is 5.60 Å². The number of halogens is 1. The van der Waals surface area contributed by atoms with Crippen LogP contribution in [0.4, 0.5) is 0 Å². The number of nitrogens with two attached hydrogens (primary N) is 1. The molecular formula is C15H22ClNO. The zero-order chi connectivity index (χ0) is 13.2. The Morgan fingerprint density at radius 2 is 2.22 bits per heavy atom. The molecule has 1 heterocycles. The van der Waals surface area contributed by atoms with Gasteiger partial charge in [-0.05, 0) is 38.0 Å². The first-order valence-electron chi connectivity index (χ1n) is 6.78. The third kappa shape index (κ3) is 2.99. The van der Waals surface area contributed by atoms with Crippen LogP contribution < -0.4 is 10.5 Å². The Kier molecular flexibility index (Phi) is 4.18. The molecule has 1 aliphatic rings. The van der Waals surface area contributed by atoms with E-state index in [-0.39, 0.29) is 11.6 Å². The second-order valence-corrected chi connectivity index (χ2v) is 5.94. The van der Waals surface area contributed by atoms with Gasteiger partial charge in [0, 0.05) is 23.0 Å². The van der Waals surface area contributed by atoms with Crippen molar-refractivity contribution in [2.45, 2.75) is 57.6 Å². The highest BCUT2D eigenvalue weighted by Gasteiger charge is 2.35. The summed E-state index contributed by atoms with van der Waals surface area (Å²) in [5.41, 5.74) is 7.16. The minimum Gasteiger partial charge on any atom is -0.487 e. The number of fused-ring (bicyclic) bond motifs is 1. The topological polar surface area (TPSA) is 35.2 Å². The van der Waals surface area contributed by atoms with Gasteiger partial charge < -0.3 is 10.5 Å². The second kappa shape index (κ2) is 5.50. The predicted octanol–water partition coefficient (Wildman–Crippen LogP) is 4.46. The van der Waals surface area contributed by atoms with Crippen molar-refractivity contribution in [1.82, 2.24) is 0 Å². The Morgan fingerprint density at radius 1 is 1.44 bits per heavy atom.